The van der Waals surface area contributed by atoms with Crippen LogP contribution in [0.2, 0.25) is 0 Å². The molecule has 1 spiro atoms. The van der Waals surface area contributed by atoms with Crippen molar-refractivity contribution < 1.29 is 48.5 Å². The van der Waals surface area contributed by atoms with Gasteiger partial charge in [-0.05, 0) is 42.5 Å². The van der Waals surface area contributed by atoms with Gasteiger partial charge in [0.1, 0.15) is 5.75 Å². The highest BCUT2D eigenvalue weighted by molar-refractivity contribution is 7.88. The standard InChI is InChI=1S/C16H15F6NO5S.C3H9N3/c17-15(18,19)13(24)23-6-4-14(5-7-23)12-2-1-11(9-10(12)3-8-27-14)28-29(25,26)16(20,21)22;1-6(5)3-2-4/h1-2,9H,3-8H2;2-3H,4-5H2,1H3/b;3-2-. The topological polar surface area (TPSA) is 128 Å². The second-order valence-electron chi connectivity index (χ2n) is 7.69. The third kappa shape index (κ3) is 6.91. The van der Waals surface area contributed by atoms with Gasteiger partial charge in [-0.1, -0.05) is 6.07 Å². The number of nitrogens with zero attached hydrogens (tertiary/aromatic N) is 2. The van der Waals surface area contributed by atoms with Crippen LogP contribution >= 0.6 is 0 Å². The maximum absolute atomic E-state index is 12.6. The highest BCUT2D eigenvalue weighted by Gasteiger charge is 2.49. The van der Waals surface area contributed by atoms with Crippen LogP contribution in [0.5, 0.6) is 5.75 Å². The predicted molar refractivity (Wildman–Crippen MR) is 111 cm³/mol. The molecule has 0 bridgehead atoms. The molecule has 0 atom stereocenters. The van der Waals surface area contributed by atoms with E-state index in [-0.39, 0.29) is 39.0 Å². The molecule has 2 heterocycles. The molecule has 9 nitrogen and oxygen atoms in total. The summed E-state index contributed by atoms with van der Waals surface area (Å²) in [5, 5.41) is 1.38. The average molecular weight is 534 g/mol. The van der Waals surface area contributed by atoms with Gasteiger partial charge in [0.25, 0.3) is 0 Å². The fraction of sp³-hybridized carbons (Fsp3) is 0.526. The fourth-order valence-corrected chi connectivity index (χ4v) is 4.13. The summed E-state index contributed by atoms with van der Waals surface area (Å²) < 4.78 is 108. The van der Waals surface area contributed by atoms with Gasteiger partial charge in [0.2, 0.25) is 0 Å². The van der Waals surface area contributed by atoms with Gasteiger partial charge in [0, 0.05) is 32.5 Å². The summed E-state index contributed by atoms with van der Waals surface area (Å²) in [5.41, 5.74) is -0.652. The minimum atomic E-state index is -5.82. The van der Waals surface area contributed by atoms with Crippen molar-refractivity contribution in [2.75, 3.05) is 26.7 Å². The van der Waals surface area contributed by atoms with Gasteiger partial charge < -0.3 is 24.6 Å². The van der Waals surface area contributed by atoms with E-state index in [1.807, 2.05) is 0 Å². The number of hydrazine groups is 1. The summed E-state index contributed by atoms with van der Waals surface area (Å²) in [6, 6.07) is 3.53. The van der Waals surface area contributed by atoms with Crippen molar-refractivity contribution in [1.29, 1.82) is 0 Å². The van der Waals surface area contributed by atoms with Gasteiger partial charge in [-0.2, -0.15) is 34.8 Å². The molecule has 0 aliphatic carbocycles. The summed E-state index contributed by atoms with van der Waals surface area (Å²) in [7, 11) is -4.13. The first-order chi connectivity index (χ1) is 16.0. The zero-order valence-corrected chi connectivity index (χ0v) is 19.2. The Bertz CT molecular complexity index is 1040. The number of nitrogens with two attached hydrogens (primary N) is 2. The maximum atomic E-state index is 12.6. The van der Waals surface area contributed by atoms with Crippen molar-refractivity contribution in [1.82, 2.24) is 9.91 Å². The highest BCUT2D eigenvalue weighted by Crippen LogP contribution is 2.43. The Labute approximate surface area is 197 Å². The largest absolute Gasteiger partial charge is 0.534 e. The van der Waals surface area contributed by atoms with Gasteiger partial charge in [-0.25, -0.2) is 5.84 Å². The van der Waals surface area contributed by atoms with Crippen LogP contribution in [0.25, 0.3) is 0 Å². The number of fused-ring (bicyclic) bond motifs is 2. The third-order valence-electron chi connectivity index (χ3n) is 5.23. The number of carbonyl (C=O) groups excluding carboxylic acids is 1. The third-order valence-corrected chi connectivity index (χ3v) is 6.21. The van der Waals surface area contributed by atoms with Crippen LogP contribution in [0.3, 0.4) is 0 Å². The minimum absolute atomic E-state index is 0.0584. The summed E-state index contributed by atoms with van der Waals surface area (Å²) in [5.74, 6) is 2.60. The predicted octanol–water partition coefficient (Wildman–Crippen LogP) is 2.09. The number of benzene rings is 1. The van der Waals surface area contributed by atoms with Crippen LogP contribution in [-0.4, -0.2) is 62.7 Å². The summed E-state index contributed by atoms with van der Waals surface area (Å²) >= 11 is 0. The molecule has 2 aliphatic heterocycles. The smallest absolute Gasteiger partial charge is 0.403 e. The number of alkyl halides is 6. The molecule has 0 aromatic heterocycles. The SMILES string of the molecule is CN(N)/C=C\N.O=C(N1CCC2(CC1)OCCc1cc(OS(=O)(=O)C(F)(F)F)ccc12)C(F)(F)F. The van der Waals surface area contributed by atoms with Gasteiger partial charge >= 0.3 is 27.7 Å². The summed E-state index contributed by atoms with van der Waals surface area (Å²) in [6.45, 7) is -0.285. The first-order valence-corrected chi connectivity index (χ1v) is 11.4. The lowest BCUT2D eigenvalue weighted by Gasteiger charge is -2.45. The number of hydrogen-bond donors (Lipinski definition) is 2. The number of rotatable bonds is 3. The number of ether oxygens (including phenoxy) is 1. The molecule has 16 heteroatoms. The Hall–Kier alpha value is -2.72. The zero-order valence-electron chi connectivity index (χ0n) is 18.4. The van der Waals surface area contributed by atoms with Crippen LogP contribution in [0.1, 0.15) is 24.0 Å². The van der Waals surface area contributed by atoms with Crippen molar-refractivity contribution in [3.8, 4) is 5.75 Å². The Kier molecular flexibility index (Phi) is 8.55. The van der Waals surface area contributed by atoms with Crippen LogP contribution in [0.4, 0.5) is 26.3 Å². The van der Waals surface area contributed by atoms with Crippen molar-refractivity contribution in [2.24, 2.45) is 11.6 Å². The van der Waals surface area contributed by atoms with Gasteiger partial charge in [-0.3, -0.25) is 4.79 Å². The van der Waals surface area contributed by atoms with Crippen LogP contribution in [-0.2, 0) is 31.7 Å². The van der Waals surface area contributed by atoms with E-state index in [2.05, 4.69) is 4.18 Å². The van der Waals surface area contributed by atoms with E-state index >= 15 is 0 Å². The lowest BCUT2D eigenvalue weighted by Crippen LogP contribution is -2.51. The van der Waals surface area contributed by atoms with Crippen LogP contribution in [0, 0.1) is 0 Å². The van der Waals surface area contributed by atoms with E-state index in [0.29, 0.717) is 16.0 Å². The molecule has 1 aromatic rings. The lowest BCUT2D eigenvalue weighted by atomic mass is 9.79. The second kappa shape index (κ2) is 10.5. The van der Waals surface area contributed by atoms with Crippen molar-refractivity contribution >= 4 is 16.0 Å². The molecule has 0 radical (unpaired) electrons. The van der Waals surface area contributed by atoms with Gasteiger partial charge in [-0.15, -0.1) is 0 Å². The molecular formula is C19H24F6N4O5S. The van der Waals surface area contributed by atoms with Crippen molar-refractivity contribution in [3.05, 3.63) is 41.7 Å². The molecule has 4 N–H and O–H groups in total. The van der Waals surface area contributed by atoms with Crippen LogP contribution in [0.15, 0.2) is 30.6 Å². The Morgan fingerprint density at radius 1 is 1.20 bits per heavy atom. The molecule has 1 amide bonds. The molecule has 1 saturated heterocycles. The molecule has 0 unspecified atom stereocenters. The first-order valence-electron chi connectivity index (χ1n) is 10.0. The lowest BCUT2D eigenvalue weighted by molar-refractivity contribution is -0.190. The fourth-order valence-electron chi connectivity index (χ4n) is 3.68. The van der Waals surface area contributed by atoms with E-state index in [0.717, 1.165) is 12.1 Å². The van der Waals surface area contributed by atoms with Gasteiger partial charge in [0.15, 0.2) is 0 Å². The van der Waals surface area contributed by atoms with E-state index in [9.17, 15) is 39.6 Å². The number of carbonyl (C=O) groups is 1. The average Bonchev–Trinajstić information content (AvgIpc) is 2.72. The monoisotopic (exact) mass is 534 g/mol. The molecule has 2 aliphatic rings. The number of likely N-dealkylation sites (tertiary alicyclic amines) is 1. The number of piperidine rings is 1. The Morgan fingerprint density at radius 2 is 1.80 bits per heavy atom. The van der Waals surface area contributed by atoms with Crippen molar-refractivity contribution in [3.63, 3.8) is 0 Å². The normalized spacial score (nSPS) is 18.0. The van der Waals surface area contributed by atoms with Crippen LogP contribution < -0.4 is 15.8 Å². The van der Waals surface area contributed by atoms with Gasteiger partial charge in [0.05, 0.1) is 12.2 Å². The van der Waals surface area contributed by atoms with E-state index in [1.54, 1.807) is 13.2 Å². The first kappa shape index (κ1) is 28.5. The molecule has 1 aromatic carbocycles. The number of amides is 1. The highest BCUT2D eigenvalue weighted by atomic mass is 32.2. The molecule has 3 rings (SSSR count). The minimum Gasteiger partial charge on any atom is -0.403 e. The number of hydrogen-bond acceptors (Lipinski definition) is 8. The van der Waals surface area contributed by atoms with E-state index in [1.165, 1.54) is 17.3 Å². The van der Waals surface area contributed by atoms with Crippen molar-refractivity contribution in [2.45, 2.75) is 36.5 Å². The quantitative estimate of drug-likeness (QED) is 0.198. The Balaban J connectivity index is 0.000000641. The summed E-state index contributed by atoms with van der Waals surface area (Å²) in [6.07, 6.45) is -1.68. The molecule has 0 saturated carbocycles. The Morgan fingerprint density at radius 3 is 2.26 bits per heavy atom. The number of halogens is 6. The zero-order chi connectivity index (χ0) is 26.7. The molecule has 198 valence electrons. The second-order valence-corrected chi connectivity index (χ2v) is 9.23. The summed E-state index contributed by atoms with van der Waals surface area (Å²) in [4.78, 5) is 12.1. The molecular weight excluding hydrogens is 510 g/mol. The molecule has 1 fully saturated rings. The van der Waals surface area contributed by atoms with E-state index < -0.39 is 39.1 Å². The van der Waals surface area contributed by atoms with E-state index in [4.69, 9.17) is 16.3 Å². The maximum Gasteiger partial charge on any atom is 0.534 e. The molecule has 35 heavy (non-hydrogen) atoms.